The summed E-state index contributed by atoms with van der Waals surface area (Å²) in [6.45, 7) is 1.96. The first-order chi connectivity index (χ1) is 9.66. The lowest BCUT2D eigenvalue weighted by Crippen LogP contribution is -2.18. The molecular formula is C14H14N4O2. The highest BCUT2D eigenvalue weighted by Gasteiger charge is 2.23. The van der Waals surface area contributed by atoms with Crippen LogP contribution in [0.1, 0.15) is 30.3 Å². The average molecular weight is 270 g/mol. The summed E-state index contributed by atoms with van der Waals surface area (Å²) in [5.41, 5.74) is 8.03. The van der Waals surface area contributed by atoms with E-state index in [0.29, 0.717) is 0 Å². The third-order valence-electron chi connectivity index (χ3n) is 3.43. The molecule has 3 aromatic rings. The van der Waals surface area contributed by atoms with Crippen LogP contribution in [0.4, 0.5) is 0 Å². The summed E-state index contributed by atoms with van der Waals surface area (Å²) in [5.74, 6) is -0.478. The maximum atomic E-state index is 11.0. The van der Waals surface area contributed by atoms with Gasteiger partial charge >= 0.3 is 5.76 Å². The Hall–Kier alpha value is -2.47. The molecule has 3 N–H and O–H groups in total. The van der Waals surface area contributed by atoms with Crippen molar-refractivity contribution in [2.45, 2.75) is 18.9 Å². The van der Waals surface area contributed by atoms with Gasteiger partial charge in [0.2, 0.25) is 5.89 Å². The first kappa shape index (κ1) is 12.6. The third kappa shape index (κ3) is 2.10. The van der Waals surface area contributed by atoms with Crippen molar-refractivity contribution in [2.75, 3.05) is 0 Å². The molecule has 0 spiro atoms. The van der Waals surface area contributed by atoms with E-state index in [1.165, 1.54) is 0 Å². The number of nitrogens with zero attached hydrogens (tertiary/aromatic N) is 2. The lowest BCUT2D eigenvalue weighted by Gasteiger charge is -2.18. The molecule has 6 heteroatoms. The van der Waals surface area contributed by atoms with Gasteiger partial charge in [-0.15, -0.1) is 5.10 Å². The van der Waals surface area contributed by atoms with Crippen molar-refractivity contribution in [1.29, 1.82) is 0 Å². The fraction of sp³-hybridized carbons (Fsp3) is 0.214. The molecule has 2 heterocycles. The number of hydrogen-bond acceptors (Lipinski definition) is 5. The van der Waals surface area contributed by atoms with E-state index in [0.717, 1.165) is 16.5 Å². The molecule has 0 amide bonds. The normalized spacial score (nSPS) is 14.3. The van der Waals surface area contributed by atoms with E-state index in [9.17, 15) is 4.79 Å². The van der Waals surface area contributed by atoms with Crippen LogP contribution in [0.25, 0.3) is 10.9 Å². The molecule has 0 aliphatic rings. The van der Waals surface area contributed by atoms with Crippen molar-refractivity contribution in [3.8, 4) is 0 Å². The van der Waals surface area contributed by atoms with E-state index >= 15 is 0 Å². The summed E-state index contributed by atoms with van der Waals surface area (Å²) >= 11 is 0. The molecule has 0 bridgehead atoms. The van der Waals surface area contributed by atoms with Gasteiger partial charge in [-0.2, -0.15) is 0 Å². The molecule has 2 aromatic heterocycles. The maximum Gasteiger partial charge on any atom is 0.434 e. The zero-order valence-electron chi connectivity index (χ0n) is 10.9. The van der Waals surface area contributed by atoms with Gasteiger partial charge < -0.3 is 10.2 Å². The Bertz CT molecular complexity index is 787. The van der Waals surface area contributed by atoms with Gasteiger partial charge in [0, 0.05) is 17.5 Å². The Morgan fingerprint density at radius 2 is 2.10 bits per heavy atom. The Morgan fingerprint density at radius 1 is 1.30 bits per heavy atom. The first-order valence-electron chi connectivity index (χ1n) is 6.31. The average Bonchev–Trinajstić information content (AvgIpc) is 2.91. The summed E-state index contributed by atoms with van der Waals surface area (Å²) in [7, 11) is 0. The van der Waals surface area contributed by atoms with Crippen molar-refractivity contribution >= 4 is 10.9 Å². The molecule has 0 aliphatic heterocycles. The van der Waals surface area contributed by atoms with Gasteiger partial charge in [0.05, 0.1) is 11.6 Å². The number of nitrogens with one attached hydrogen (secondary N) is 1. The number of benzene rings is 1. The van der Waals surface area contributed by atoms with E-state index in [1.807, 2.05) is 37.3 Å². The molecule has 0 fully saturated rings. The van der Waals surface area contributed by atoms with Crippen LogP contribution in [0.5, 0.6) is 0 Å². The van der Waals surface area contributed by atoms with Crippen LogP contribution in [0.2, 0.25) is 0 Å². The number of aromatic nitrogens is 3. The first-order valence-corrected chi connectivity index (χ1v) is 6.31. The second kappa shape index (κ2) is 4.90. The molecule has 6 nitrogen and oxygen atoms in total. The molecule has 2 atom stereocenters. The molecule has 20 heavy (non-hydrogen) atoms. The number of H-pyrrole nitrogens is 1. The zero-order chi connectivity index (χ0) is 14.1. The Labute approximate surface area is 114 Å². The topological polar surface area (TPSA) is 97.8 Å². The van der Waals surface area contributed by atoms with Crippen molar-refractivity contribution in [1.82, 2.24) is 15.2 Å². The number of rotatable bonds is 3. The standard InChI is InChI=1S/C14H14N4O2/c1-8(11(15)13-17-18-14(19)20-13)10-6-2-4-9-5-3-7-16-12(9)10/h2-8,11H,15H2,1H3,(H,18,19)/t8-,11+/m1/s1. The second-order valence-electron chi connectivity index (χ2n) is 4.69. The zero-order valence-corrected chi connectivity index (χ0v) is 10.9. The lowest BCUT2D eigenvalue weighted by molar-refractivity contribution is 0.402. The Kier molecular flexibility index (Phi) is 3.08. The smallest absolute Gasteiger partial charge is 0.391 e. The number of fused-ring (bicyclic) bond motifs is 1. The predicted molar refractivity (Wildman–Crippen MR) is 74.2 cm³/mol. The van der Waals surface area contributed by atoms with Crippen molar-refractivity contribution in [2.24, 2.45) is 5.73 Å². The number of hydrogen-bond donors (Lipinski definition) is 2. The molecule has 0 unspecified atom stereocenters. The van der Waals surface area contributed by atoms with Crippen LogP contribution in [-0.4, -0.2) is 15.2 Å². The van der Waals surface area contributed by atoms with Crippen molar-refractivity contribution in [3.05, 3.63) is 58.5 Å². The molecule has 0 radical (unpaired) electrons. The van der Waals surface area contributed by atoms with Gasteiger partial charge in [0.25, 0.3) is 0 Å². The Balaban J connectivity index is 2.04. The number of pyridine rings is 1. The minimum absolute atomic E-state index is 0.0833. The number of nitrogens with two attached hydrogens (primary N) is 1. The quantitative estimate of drug-likeness (QED) is 0.755. The van der Waals surface area contributed by atoms with Crippen LogP contribution < -0.4 is 11.5 Å². The predicted octanol–water partition coefficient (Wildman–Crippen LogP) is 1.71. The third-order valence-corrected chi connectivity index (χ3v) is 3.43. The van der Waals surface area contributed by atoms with Gasteiger partial charge in [-0.25, -0.2) is 9.89 Å². The molecule has 0 saturated heterocycles. The fourth-order valence-electron chi connectivity index (χ4n) is 2.29. The maximum absolute atomic E-state index is 11.0. The van der Waals surface area contributed by atoms with Crippen LogP contribution in [0, 0.1) is 0 Å². The van der Waals surface area contributed by atoms with E-state index in [2.05, 4.69) is 15.2 Å². The largest absolute Gasteiger partial charge is 0.434 e. The van der Waals surface area contributed by atoms with Crippen LogP contribution >= 0.6 is 0 Å². The van der Waals surface area contributed by atoms with Crippen LogP contribution in [0.15, 0.2) is 45.7 Å². The molecule has 0 aliphatic carbocycles. The molecule has 102 valence electrons. The molecule has 0 saturated carbocycles. The Morgan fingerprint density at radius 3 is 2.85 bits per heavy atom. The second-order valence-corrected chi connectivity index (χ2v) is 4.69. The van der Waals surface area contributed by atoms with Crippen LogP contribution in [0.3, 0.4) is 0 Å². The van der Waals surface area contributed by atoms with E-state index in [-0.39, 0.29) is 11.8 Å². The van der Waals surface area contributed by atoms with E-state index in [4.69, 9.17) is 10.2 Å². The van der Waals surface area contributed by atoms with Gasteiger partial charge in [-0.1, -0.05) is 31.2 Å². The SMILES string of the molecule is C[C@H](c1cccc2cccnc12)[C@H](N)c1n[nH]c(=O)o1. The lowest BCUT2D eigenvalue weighted by atomic mass is 9.92. The number of aromatic amines is 1. The summed E-state index contributed by atoms with van der Waals surface area (Å²) < 4.78 is 4.93. The van der Waals surface area contributed by atoms with Gasteiger partial charge in [-0.3, -0.25) is 4.98 Å². The van der Waals surface area contributed by atoms with Gasteiger partial charge in [0.15, 0.2) is 0 Å². The highest BCUT2D eigenvalue weighted by Crippen LogP contribution is 2.31. The summed E-state index contributed by atoms with van der Waals surface area (Å²) in [6, 6.07) is 9.32. The highest BCUT2D eigenvalue weighted by molar-refractivity contribution is 5.82. The van der Waals surface area contributed by atoms with E-state index in [1.54, 1.807) is 6.20 Å². The van der Waals surface area contributed by atoms with Crippen molar-refractivity contribution < 1.29 is 4.42 Å². The molecule has 3 rings (SSSR count). The fourth-order valence-corrected chi connectivity index (χ4v) is 2.29. The van der Waals surface area contributed by atoms with Gasteiger partial charge in [-0.05, 0) is 11.6 Å². The van der Waals surface area contributed by atoms with Gasteiger partial charge in [0.1, 0.15) is 0 Å². The monoisotopic (exact) mass is 270 g/mol. The molecule has 1 aromatic carbocycles. The highest BCUT2D eigenvalue weighted by atomic mass is 16.4. The summed E-state index contributed by atoms with van der Waals surface area (Å²) in [5, 5.41) is 7.07. The summed E-state index contributed by atoms with van der Waals surface area (Å²) in [4.78, 5) is 15.4. The minimum atomic E-state index is -0.598. The van der Waals surface area contributed by atoms with E-state index < -0.39 is 11.8 Å². The number of para-hydroxylation sites is 1. The summed E-state index contributed by atoms with van der Waals surface area (Å²) in [6.07, 6.45) is 1.75. The minimum Gasteiger partial charge on any atom is -0.391 e. The van der Waals surface area contributed by atoms with Crippen molar-refractivity contribution in [3.63, 3.8) is 0 Å². The van der Waals surface area contributed by atoms with Crippen LogP contribution in [-0.2, 0) is 0 Å². The molecular weight excluding hydrogens is 256 g/mol.